The van der Waals surface area contributed by atoms with Gasteiger partial charge in [0.15, 0.2) is 0 Å². The highest BCUT2D eigenvalue weighted by atomic mass is 15.1. The molecular formula is C12H23N. The Hall–Kier alpha value is -0.0400. The minimum absolute atomic E-state index is 0.900. The maximum Gasteiger partial charge on any atom is 0.0117 e. The molecule has 13 heavy (non-hydrogen) atoms. The Morgan fingerprint density at radius 1 is 1.31 bits per heavy atom. The van der Waals surface area contributed by atoms with Crippen molar-refractivity contribution >= 4 is 0 Å². The molecule has 1 heterocycles. The van der Waals surface area contributed by atoms with Gasteiger partial charge in [0.25, 0.3) is 0 Å². The van der Waals surface area contributed by atoms with E-state index in [0.717, 1.165) is 29.8 Å². The van der Waals surface area contributed by atoms with Crippen molar-refractivity contribution in [2.45, 2.75) is 58.5 Å². The molecule has 1 saturated carbocycles. The highest BCUT2D eigenvalue weighted by molar-refractivity contribution is 5.10. The molecule has 0 aromatic carbocycles. The van der Waals surface area contributed by atoms with E-state index in [0.29, 0.717) is 0 Å². The minimum Gasteiger partial charge on any atom is -0.311 e. The number of rotatable bonds is 5. The second-order valence-electron chi connectivity index (χ2n) is 5.22. The predicted octanol–water partition coefficient (Wildman–Crippen LogP) is 2.81. The summed E-state index contributed by atoms with van der Waals surface area (Å²) in [5, 5.41) is 3.63. The molecule has 3 unspecified atom stereocenters. The van der Waals surface area contributed by atoms with Crippen molar-refractivity contribution in [1.29, 1.82) is 0 Å². The van der Waals surface area contributed by atoms with Crippen molar-refractivity contribution in [3.63, 3.8) is 0 Å². The van der Waals surface area contributed by atoms with Gasteiger partial charge < -0.3 is 5.32 Å². The van der Waals surface area contributed by atoms with Crippen molar-refractivity contribution in [3.8, 4) is 0 Å². The average Bonchev–Trinajstić information content (AvgIpc) is 2.75. The molecule has 5 atom stereocenters. The summed E-state index contributed by atoms with van der Waals surface area (Å²) in [4.78, 5) is 0. The van der Waals surface area contributed by atoms with E-state index >= 15 is 0 Å². The second-order valence-corrected chi connectivity index (χ2v) is 5.22. The number of fused-ring (bicyclic) bond motifs is 1. The smallest absolute Gasteiger partial charge is 0.0117 e. The zero-order chi connectivity index (χ0) is 9.42. The summed E-state index contributed by atoms with van der Waals surface area (Å²) < 4.78 is 0. The van der Waals surface area contributed by atoms with Gasteiger partial charge >= 0.3 is 0 Å². The number of hydrogen-bond donors (Lipinski definition) is 1. The lowest BCUT2D eigenvalue weighted by molar-refractivity contribution is 0.276. The van der Waals surface area contributed by atoms with Crippen LogP contribution >= 0.6 is 0 Å². The van der Waals surface area contributed by atoms with E-state index in [1.807, 2.05) is 0 Å². The fourth-order valence-corrected chi connectivity index (χ4v) is 2.56. The summed E-state index contributed by atoms with van der Waals surface area (Å²) in [6.07, 6.45) is 5.66. The molecule has 0 radical (unpaired) electrons. The van der Waals surface area contributed by atoms with Crippen molar-refractivity contribution in [2.75, 3.05) is 0 Å². The highest BCUT2D eigenvalue weighted by Crippen LogP contribution is 2.45. The molecule has 2 aliphatic rings. The van der Waals surface area contributed by atoms with Gasteiger partial charge in [-0.15, -0.1) is 0 Å². The average molecular weight is 181 g/mol. The third-order valence-electron chi connectivity index (χ3n) is 4.33. The fraction of sp³-hybridized carbons (Fsp3) is 1.00. The molecule has 2 fully saturated rings. The van der Waals surface area contributed by atoms with Crippen molar-refractivity contribution in [1.82, 2.24) is 5.32 Å². The Bertz CT molecular complexity index is 178. The van der Waals surface area contributed by atoms with Crippen LogP contribution in [-0.4, -0.2) is 12.1 Å². The van der Waals surface area contributed by atoms with Gasteiger partial charge in [-0.05, 0) is 37.0 Å². The van der Waals surface area contributed by atoms with Crippen LogP contribution in [0.25, 0.3) is 0 Å². The first-order chi connectivity index (χ1) is 6.22. The normalized spacial score (nSPS) is 40.4. The lowest BCUT2D eigenvalue weighted by atomic mass is 9.87. The van der Waals surface area contributed by atoms with Crippen LogP contribution in [0.3, 0.4) is 0 Å². The Balaban J connectivity index is 1.61. The number of hydrogen-bond acceptors (Lipinski definition) is 1. The zero-order valence-corrected chi connectivity index (χ0v) is 9.22. The van der Waals surface area contributed by atoms with E-state index in [1.54, 1.807) is 0 Å². The minimum atomic E-state index is 0.900. The largest absolute Gasteiger partial charge is 0.311 e. The van der Waals surface area contributed by atoms with Crippen LogP contribution in [0.5, 0.6) is 0 Å². The van der Waals surface area contributed by atoms with Gasteiger partial charge in [0, 0.05) is 12.1 Å². The van der Waals surface area contributed by atoms with Crippen LogP contribution in [0.4, 0.5) is 0 Å². The van der Waals surface area contributed by atoms with Gasteiger partial charge in [-0.1, -0.05) is 27.2 Å². The predicted molar refractivity (Wildman–Crippen MR) is 56.7 cm³/mol. The molecule has 1 nitrogen and oxygen atoms in total. The van der Waals surface area contributed by atoms with E-state index in [2.05, 4.69) is 26.1 Å². The van der Waals surface area contributed by atoms with Gasteiger partial charge in [-0.2, -0.15) is 0 Å². The summed E-state index contributed by atoms with van der Waals surface area (Å²) in [6.45, 7) is 7.11. The Morgan fingerprint density at radius 3 is 2.54 bits per heavy atom. The molecular weight excluding hydrogens is 158 g/mol. The molecule has 2 rings (SSSR count). The maximum absolute atomic E-state index is 3.63. The Morgan fingerprint density at radius 2 is 2.08 bits per heavy atom. The summed E-state index contributed by atoms with van der Waals surface area (Å²) in [6, 6.07) is 1.85. The van der Waals surface area contributed by atoms with Gasteiger partial charge in [-0.25, -0.2) is 0 Å². The van der Waals surface area contributed by atoms with E-state index in [4.69, 9.17) is 0 Å². The Kier molecular flexibility index (Phi) is 2.64. The summed E-state index contributed by atoms with van der Waals surface area (Å²) in [5.74, 6) is 2.92. The Labute approximate surface area is 82.3 Å². The zero-order valence-electron chi connectivity index (χ0n) is 9.22. The van der Waals surface area contributed by atoms with Crippen LogP contribution in [0.15, 0.2) is 0 Å². The SMILES string of the molecule is CC[C@H](C)C(C)CCC1N[C@H]2CC12. The quantitative estimate of drug-likeness (QED) is 0.687. The second kappa shape index (κ2) is 3.61. The molecule has 0 aromatic rings. The van der Waals surface area contributed by atoms with Crippen LogP contribution < -0.4 is 5.32 Å². The molecule has 1 heteroatoms. The molecule has 1 aliphatic carbocycles. The lowest BCUT2D eigenvalue weighted by Crippen LogP contribution is -2.45. The summed E-state index contributed by atoms with van der Waals surface area (Å²) in [5.41, 5.74) is 0. The first-order valence-electron chi connectivity index (χ1n) is 5.98. The maximum atomic E-state index is 3.63. The van der Waals surface area contributed by atoms with Crippen LogP contribution in [-0.2, 0) is 0 Å². The van der Waals surface area contributed by atoms with Gasteiger partial charge in [0.05, 0.1) is 0 Å². The van der Waals surface area contributed by atoms with Gasteiger partial charge in [-0.3, -0.25) is 0 Å². The van der Waals surface area contributed by atoms with Crippen molar-refractivity contribution in [2.24, 2.45) is 17.8 Å². The molecule has 76 valence electrons. The van der Waals surface area contributed by atoms with Gasteiger partial charge in [0.2, 0.25) is 0 Å². The third kappa shape index (κ3) is 1.90. The molecule has 0 spiro atoms. The summed E-state index contributed by atoms with van der Waals surface area (Å²) in [7, 11) is 0. The molecule has 0 amide bonds. The first-order valence-corrected chi connectivity index (χ1v) is 5.98. The van der Waals surface area contributed by atoms with Crippen LogP contribution in [0.2, 0.25) is 0 Å². The summed E-state index contributed by atoms with van der Waals surface area (Å²) >= 11 is 0. The van der Waals surface area contributed by atoms with Gasteiger partial charge in [0.1, 0.15) is 0 Å². The van der Waals surface area contributed by atoms with Crippen molar-refractivity contribution in [3.05, 3.63) is 0 Å². The van der Waals surface area contributed by atoms with Crippen molar-refractivity contribution < 1.29 is 0 Å². The third-order valence-corrected chi connectivity index (χ3v) is 4.33. The van der Waals surface area contributed by atoms with E-state index in [-0.39, 0.29) is 0 Å². The lowest BCUT2D eigenvalue weighted by Gasteiger charge is -2.29. The van der Waals surface area contributed by atoms with E-state index in [1.165, 1.54) is 25.7 Å². The topological polar surface area (TPSA) is 12.0 Å². The highest BCUT2D eigenvalue weighted by Gasteiger charge is 2.52. The molecule has 1 saturated heterocycles. The molecule has 1 aliphatic heterocycles. The first kappa shape index (κ1) is 9.51. The van der Waals surface area contributed by atoms with Crippen LogP contribution in [0.1, 0.15) is 46.5 Å². The standard InChI is InChI=1S/C12H23N/c1-4-8(2)9(3)5-6-11-10-7-12(10)13-11/h8-13H,4-7H2,1-3H3/t8-,9?,10?,11?,12-/m0/s1. The van der Waals surface area contributed by atoms with E-state index in [9.17, 15) is 0 Å². The molecule has 0 bridgehead atoms. The van der Waals surface area contributed by atoms with E-state index < -0.39 is 0 Å². The molecule has 1 N–H and O–H groups in total. The fourth-order valence-electron chi connectivity index (χ4n) is 2.56. The molecule has 0 aromatic heterocycles. The number of nitrogens with one attached hydrogen (secondary N) is 1. The van der Waals surface area contributed by atoms with Crippen LogP contribution in [0, 0.1) is 17.8 Å². The monoisotopic (exact) mass is 181 g/mol.